The molecule has 4 heterocycles. The van der Waals surface area contributed by atoms with Crippen LogP contribution in [0.2, 0.25) is 0 Å². The zero-order valence-electron chi connectivity index (χ0n) is 16.7. The lowest BCUT2D eigenvalue weighted by atomic mass is 10.0. The summed E-state index contributed by atoms with van der Waals surface area (Å²) in [5.41, 5.74) is 4.96. The fraction of sp³-hybridized carbons (Fsp3) is 0.125. The maximum Gasteiger partial charge on any atom is 0.179 e. The van der Waals surface area contributed by atoms with E-state index in [1.54, 1.807) is 24.7 Å². The first kappa shape index (κ1) is 19.0. The summed E-state index contributed by atoms with van der Waals surface area (Å²) in [6, 6.07) is 15.3. The molecule has 4 aromatic heterocycles. The molecule has 154 valence electrons. The van der Waals surface area contributed by atoms with Gasteiger partial charge in [-0.15, -0.1) is 0 Å². The van der Waals surface area contributed by atoms with Crippen LogP contribution in [0.4, 0.5) is 10.1 Å². The van der Waals surface area contributed by atoms with Gasteiger partial charge in [0.05, 0.1) is 18.1 Å². The van der Waals surface area contributed by atoms with E-state index < -0.39 is 0 Å². The van der Waals surface area contributed by atoms with E-state index in [2.05, 4.69) is 25.3 Å². The van der Waals surface area contributed by atoms with E-state index >= 15 is 0 Å². The molecule has 6 nitrogen and oxygen atoms in total. The molecule has 0 fully saturated rings. The first-order valence-corrected chi connectivity index (χ1v) is 10.0. The number of H-pyrrole nitrogens is 1. The summed E-state index contributed by atoms with van der Waals surface area (Å²) in [4.78, 5) is 16.1. The molecule has 0 amide bonds. The predicted octanol–water partition coefficient (Wildman–Crippen LogP) is 5.15. The minimum atomic E-state index is -0.324. The van der Waals surface area contributed by atoms with E-state index in [9.17, 15) is 4.39 Å². The third kappa shape index (κ3) is 4.16. The number of nitrogens with zero attached hydrogens (tertiary/aromatic N) is 3. The van der Waals surface area contributed by atoms with Crippen LogP contribution in [0, 0.1) is 5.82 Å². The largest absolute Gasteiger partial charge is 0.469 e. The Labute approximate surface area is 178 Å². The van der Waals surface area contributed by atoms with E-state index in [-0.39, 0.29) is 5.82 Å². The van der Waals surface area contributed by atoms with Gasteiger partial charge >= 0.3 is 0 Å². The molecule has 0 unspecified atom stereocenters. The van der Waals surface area contributed by atoms with Gasteiger partial charge in [0.2, 0.25) is 0 Å². The Morgan fingerprint density at radius 2 is 1.90 bits per heavy atom. The number of aryl methyl sites for hydroxylation is 2. The molecule has 0 spiro atoms. The van der Waals surface area contributed by atoms with Crippen LogP contribution in [-0.2, 0) is 19.4 Å². The molecule has 0 saturated carbocycles. The Kier molecular flexibility index (Phi) is 5.14. The molecule has 5 aromatic rings. The SMILES string of the molecule is Fc1cnccc1-c1ccc(CNc2ccnc3nc(CCc4ccco4)[nH]c23)cc1. The second-order valence-corrected chi connectivity index (χ2v) is 7.23. The number of aromatic nitrogens is 4. The number of fused-ring (bicyclic) bond motifs is 1. The van der Waals surface area contributed by atoms with Gasteiger partial charge in [0.1, 0.15) is 22.9 Å². The summed E-state index contributed by atoms with van der Waals surface area (Å²) in [6.45, 7) is 0.624. The van der Waals surface area contributed by atoms with Crippen LogP contribution in [0.1, 0.15) is 17.1 Å². The Morgan fingerprint density at radius 1 is 1.00 bits per heavy atom. The molecule has 7 heteroatoms. The molecular formula is C24H20FN5O. The van der Waals surface area contributed by atoms with Crippen molar-refractivity contribution in [3.05, 3.63) is 96.3 Å². The molecule has 0 aliphatic rings. The predicted molar refractivity (Wildman–Crippen MR) is 117 cm³/mol. The van der Waals surface area contributed by atoms with Crippen molar-refractivity contribution in [3.8, 4) is 11.1 Å². The lowest BCUT2D eigenvalue weighted by Gasteiger charge is -2.08. The summed E-state index contributed by atoms with van der Waals surface area (Å²) >= 11 is 0. The molecule has 0 saturated heterocycles. The van der Waals surface area contributed by atoms with Gasteiger partial charge in [-0.05, 0) is 35.4 Å². The second-order valence-electron chi connectivity index (χ2n) is 7.23. The van der Waals surface area contributed by atoms with Gasteiger partial charge < -0.3 is 14.7 Å². The topological polar surface area (TPSA) is 79.6 Å². The Morgan fingerprint density at radius 3 is 2.71 bits per heavy atom. The molecule has 0 aliphatic heterocycles. The molecule has 0 bridgehead atoms. The number of imidazole rings is 1. The van der Waals surface area contributed by atoms with Gasteiger partial charge in [-0.25, -0.2) is 14.4 Å². The summed E-state index contributed by atoms with van der Waals surface area (Å²) in [7, 11) is 0. The highest BCUT2D eigenvalue weighted by molar-refractivity contribution is 5.85. The first-order chi connectivity index (χ1) is 15.3. The normalized spacial score (nSPS) is 11.1. The summed E-state index contributed by atoms with van der Waals surface area (Å²) in [6.07, 6.45) is 7.77. The Hall–Kier alpha value is -4.00. The van der Waals surface area contributed by atoms with Crippen molar-refractivity contribution < 1.29 is 8.81 Å². The second kappa shape index (κ2) is 8.39. The van der Waals surface area contributed by atoms with Crippen LogP contribution >= 0.6 is 0 Å². The molecule has 0 aliphatic carbocycles. The third-order valence-electron chi connectivity index (χ3n) is 5.15. The van der Waals surface area contributed by atoms with Crippen LogP contribution in [0.5, 0.6) is 0 Å². The molecule has 0 atom stereocenters. The molecule has 2 N–H and O–H groups in total. The quantitative estimate of drug-likeness (QED) is 0.386. The fourth-order valence-corrected chi connectivity index (χ4v) is 3.53. The smallest absolute Gasteiger partial charge is 0.179 e. The van der Waals surface area contributed by atoms with Crippen LogP contribution in [0.25, 0.3) is 22.3 Å². The maximum absolute atomic E-state index is 13.9. The highest BCUT2D eigenvalue weighted by atomic mass is 19.1. The van der Waals surface area contributed by atoms with Crippen molar-refractivity contribution in [1.82, 2.24) is 19.9 Å². The Bertz CT molecular complexity index is 1300. The van der Waals surface area contributed by atoms with Crippen LogP contribution in [0.15, 0.2) is 77.8 Å². The van der Waals surface area contributed by atoms with Gasteiger partial charge in [0.25, 0.3) is 0 Å². The number of rotatable bonds is 7. The third-order valence-corrected chi connectivity index (χ3v) is 5.15. The maximum atomic E-state index is 13.9. The number of aromatic amines is 1. The summed E-state index contributed by atoms with van der Waals surface area (Å²) in [5.74, 6) is 1.48. The lowest BCUT2D eigenvalue weighted by Crippen LogP contribution is -2.00. The van der Waals surface area contributed by atoms with Gasteiger partial charge in [0.15, 0.2) is 5.65 Å². The molecule has 1 aromatic carbocycles. The highest BCUT2D eigenvalue weighted by Crippen LogP contribution is 2.24. The average molecular weight is 413 g/mol. The van der Waals surface area contributed by atoms with E-state index in [4.69, 9.17) is 4.42 Å². The van der Waals surface area contributed by atoms with E-state index in [0.29, 0.717) is 17.8 Å². The van der Waals surface area contributed by atoms with E-state index in [1.807, 2.05) is 42.5 Å². The Balaban J connectivity index is 1.28. The van der Waals surface area contributed by atoms with E-state index in [1.165, 1.54) is 6.20 Å². The fourth-order valence-electron chi connectivity index (χ4n) is 3.53. The zero-order valence-corrected chi connectivity index (χ0v) is 16.7. The highest BCUT2D eigenvalue weighted by Gasteiger charge is 2.10. The minimum Gasteiger partial charge on any atom is -0.469 e. The number of pyridine rings is 2. The van der Waals surface area contributed by atoms with Crippen LogP contribution in [0.3, 0.4) is 0 Å². The average Bonchev–Trinajstić information content (AvgIpc) is 3.47. The van der Waals surface area contributed by atoms with Crippen molar-refractivity contribution in [2.24, 2.45) is 0 Å². The summed E-state index contributed by atoms with van der Waals surface area (Å²) in [5, 5.41) is 3.44. The molecular weight excluding hydrogens is 393 g/mol. The monoisotopic (exact) mass is 413 g/mol. The minimum absolute atomic E-state index is 0.324. The van der Waals surface area contributed by atoms with Crippen molar-refractivity contribution >= 4 is 16.9 Å². The standard InChI is InChI=1S/C24H20FN5O/c25-20-15-26-11-9-19(20)17-5-3-16(4-6-17)14-28-21-10-12-27-24-23(21)29-22(30-24)8-7-18-2-1-13-31-18/h1-6,9-13,15H,7-8,14H2,(H2,27,28,29,30). The van der Waals surface area contributed by atoms with Crippen molar-refractivity contribution in [3.63, 3.8) is 0 Å². The molecule has 5 rings (SSSR count). The van der Waals surface area contributed by atoms with E-state index in [0.717, 1.165) is 46.8 Å². The van der Waals surface area contributed by atoms with Gasteiger partial charge in [-0.1, -0.05) is 24.3 Å². The number of anilines is 1. The number of nitrogens with one attached hydrogen (secondary N) is 2. The van der Waals surface area contributed by atoms with Gasteiger partial charge in [-0.2, -0.15) is 0 Å². The van der Waals surface area contributed by atoms with Crippen LogP contribution in [-0.4, -0.2) is 19.9 Å². The first-order valence-electron chi connectivity index (χ1n) is 10.0. The van der Waals surface area contributed by atoms with Crippen molar-refractivity contribution in [2.45, 2.75) is 19.4 Å². The number of halogens is 1. The van der Waals surface area contributed by atoms with Crippen molar-refractivity contribution in [1.29, 1.82) is 0 Å². The molecule has 31 heavy (non-hydrogen) atoms. The molecule has 0 radical (unpaired) electrons. The number of benzene rings is 1. The number of furan rings is 1. The van der Waals surface area contributed by atoms with Gasteiger partial charge in [0, 0.05) is 37.3 Å². The van der Waals surface area contributed by atoms with Gasteiger partial charge in [-0.3, -0.25) is 4.98 Å². The number of hydrogen-bond acceptors (Lipinski definition) is 5. The lowest BCUT2D eigenvalue weighted by molar-refractivity contribution is 0.507. The summed E-state index contributed by atoms with van der Waals surface area (Å²) < 4.78 is 19.3. The van der Waals surface area contributed by atoms with Crippen LogP contribution < -0.4 is 5.32 Å². The number of hydrogen-bond donors (Lipinski definition) is 2. The van der Waals surface area contributed by atoms with Crippen molar-refractivity contribution in [2.75, 3.05) is 5.32 Å². The zero-order chi connectivity index (χ0) is 21.0.